The van der Waals surface area contributed by atoms with E-state index in [1.807, 2.05) is 39.0 Å². The first kappa shape index (κ1) is 26.3. The minimum atomic E-state index is -1.09. The number of carbonyl (C=O) groups is 2. The van der Waals surface area contributed by atoms with E-state index in [9.17, 15) is 24.8 Å². The van der Waals surface area contributed by atoms with Crippen molar-refractivity contribution in [3.8, 4) is 11.3 Å². The maximum atomic E-state index is 13.0. The summed E-state index contributed by atoms with van der Waals surface area (Å²) in [6.45, 7) is 7.59. The van der Waals surface area contributed by atoms with Gasteiger partial charge >= 0.3 is 5.97 Å². The average Bonchev–Trinajstić information content (AvgIpc) is 3.26. The number of nitrogens with zero attached hydrogens (tertiary/aromatic N) is 3. The van der Waals surface area contributed by atoms with Crippen molar-refractivity contribution in [2.45, 2.75) is 40.2 Å². The number of carboxylic acids is 1. The van der Waals surface area contributed by atoms with E-state index < -0.39 is 22.8 Å². The van der Waals surface area contributed by atoms with Gasteiger partial charge in [0.25, 0.3) is 11.6 Å². The molecule has 0 spiro atoms. The van der Waals surface area contributed by atoms with Gasteiger partial charge < -0.3 is 15.7 Å². The molecule has 2 heterocycles. The van der Waals surface area contributed by atoms with Gasteiger partial charge in [-0.05, 0) is 43.0 Å². The molecule has 4 rings (SSSR count). The van der Waals surface area contributed by atoms with Crippen molar-refractivity contribution in [3.63, 3.8) is 0 Å². The van der Waals surface area contributed by atoms with Crippen LogP contribution < -0.4 is 10.6 Å². The number of nitro groups is 1. The minimum absolute atomic E-state index is 0.0672. The maximum Gasteiger partial charge on any atom is 0.326 e. The van der Waals surface area contributed by atoms with Gasteiger partial charge in [0.1, 0.15) is 23.2 Å². The summed E-state index contributed by atoms with van der Waals surface area (Å²) in [5.74, 6) is -1.29. The van der Waals surface area contributed by atoms with Crippen LogP contribution in [0.25, 0.3) is 16.9 Å². The zero-order valence-corrected chi connectivity index (χ0v) is 21.6. The highest BCUT2D eigenvalue weighted by atomic mass is 16.6. The van der Waals surface area contributed by atoms with Crippen LogP contribution in [0.1, 0.15) is 41.8 Å². The quantitative estimate of drug-likeness (QED) is 0.198. The van der Waals surface area contributed by atoms with E-state index in [1.165, 1.54) is 12.1 Å². The Bertz CT molecular complexity index is 1520. The van der Waals surface area contributed by atoms with E-state index in [2.05, 4.69) is 10.6 Å². The molecular formula is C28H29N5O5. The maximum absolute atomic E-state index is 13.0. The zero-order chi connectivity index (χ0) is 27.6. The molecule has 0 aliphatic carbocycles. The number of amides is 1. The fraction of sp³-hybridized carbons (Fsp3) is 0.250. The number of pyridine rings is 1. The fourth-order valence-electron chi connectivity index (χ4n) is 4.31. The molecule has 10 nitrogen and oxygen atoms in total. The number of aliphatic carboxylic acids is 1. The normalized spacial score (nSPS) is 12.6. The number of nitro benzene ring substituents is 1. The molecule has 1 amide bonds. The molecule has 0 fully saturated rings. The first-order valence-corrected chi connectivity index (χ1v) is 12.2. The molecule has 10 heteroatoms. The third-order valence-electron chi connectivity index (χ3n) is 6.71. The van der Waals surface area contributed by atoms with Crippen LogP contribution in [0.3, 0.4) is 0 Å². The van der Waals surface area contributed by atoms with Crippen molar-refractivity contribution in [2.75, 3.05) is 5.32 Å². The number of para-hydroxylation sites is 1. The molecular weight excluding hydrogens is 486 g/mol. The molecule has 0 bridgehead atoms. The van der Waals surface area contributed by atoms with Crippen molar-refractivity contribution in [2.24, 2.45) is 5.92 Å². The highest BCUT2D eigenvalue weighted by Gasteiger charge is 2.26. The number of nitrogens with one attached hydrogen (secondary N) is 2. The number of rotatable bonds is 9. The van der Waals surface area contributed by atoms with Crippen LogP contribution in [0, 0.1) is 29.9 Å². The molecule has 2 atom stereocenters. The van der Waals surface area contributed by atoms with Gasteiger partial charge in [-0.1, -0.05) is 50.6 Å². The number of benzene rings is 2. The van der Waals surface area contributed by atoms with Crippen molar-refractivity contribution in [1.82, 2.24) is 14.7 Å². The smallest absolute Gasteiger partial charge is 0.326 e. The number of hydrogen-bond donors (Lipinski definition) is 3. The summed E-state index contributed by atoms with van der Waals surface area (Å²) in [6.07, 6.45) is 2.27. The fourth-order valence-corrected chi connectivity index (χ4v) is 4.31. The Kier molecular flexibility index (Phi) is 7.43. The number of non-ortho nitro benzene ring substituents is 1. The van der Waals surface area contributed by atoms with Crippen LogP contribution in [0.5, 0.6) is 0 Å². The molecule has 38 heavy (non-hydrogen) atoms. The van der Waals surface area contributed by atoms with E-state index in [1.54, 1.807) is 41.8 Å². The summed E-state index contributed by atoms with van der Waals surface area (Å²) in [6, 6.07) is 14.3. The molecule has 0 saturated heterocycles. The summed E-state index contributed by atoms with van der Waals surface area (Å²) in [4.78, 5) is 40.4. The number of carboxylic acid groups (broad SMARTS) is 1. The summed E-state index contributed by atoms with van der Waals surface area (Å²) in [7, 11) is 0. The molecule has 196 valence electrons. The molecule has 2 unspecified atom stereocenters. The van der Waals surface area contributed by atoms with E-state index >= 15 is 0 Å². The zero-order valence-electron chi connectivity index (χ0n) is 21.6. The predicted molar refractivity (Wildman–Crippen MR) is 145 cm³/mol. The molecule has 2 aromatic heterocycles. The SMILES string of the molecule is CCC(C)C(NC(=O)c1ccn2c(Nc3c(C)cccc3C)c(-c3cccc([N+](=O)[O-])c3)nc2c1)C(=O)O. The lowest BCUT2D eigenvalue weighted by Crippen LogP contribution is -2.45. The van der Waals surface area contributed by atoms with Crippen molar-refractivity contribution in [3.05, 3.63) is 87.6 Å². The van der Waals surface area contributed by atoms with E-state index in [-0.39, 0.29) is 17.2 Å². The van der Waals surface area contributed by atoms with E-state index in [0.717, 1.165) is 16.8 Å². The van der Waals surface area contributed by atoms with Crippen molar-refractivity contribution in [1.29, 1.82) is 0 Å². The van der Waals surface area contributed by atoms with Crippen LogP contribution in [-0.2, 0) is 4.79 Å². The molecule has 0 radical (unpaired) electrons. The molecule has 3 N–H and O–H groups in total. The molecule has 0 saturated carbocycles. The second kappa shape index (κ2) is 10.7. The third kappa shape index (κ3) is 5.19. The molecule has 2 aromatic carbocycles. The van der Waals surface area contributed by atoms with Gasteiger partial charge in [-0.2, -0.15) is 0 Å². The summed E-state index contributed by atoms with van der Waals surface area (Å²) in [5, 5.41) is 27.1. The highest BCUT2D eigenvalue weighted by Crippen LogP contribution is 2.34. The Morgan fingerprint density at radius 1 is 1.11 bits per heavy atom. The van der Waals surface area contributed by atoms with Gasteiger partial charge in [-0.25, -0.2) is 9.78 Å². The Balaban J connectivity index is 1.83. The van der Waals surface area contributed by atoms with Crippen LogP contribution >= 0.6 is 0 Å². The number of fused-ring (bicyclic) bond motifs is 1. The van der Waals surface area contributed by atoms with Gasteiger partial charge in [0.2, 0.25) is 0 Å². The van der Waals surface area contributed by atoms with Crippen LogP contribution in [-0.4, -0.2) is 37.3 Å². The number of carbonyl (C=O) groups excluding carboxylic acids is 1. The number of aryl methyl sites for hydroxylation is 2. The number of anilines is 2. The van der Waals surface area contributed by atoms with Gasteiger partial charge in [-0.15, -0.1) is 0 Å². The Hall–Kier alpha value is -4.73. The van der Waals surface area contributed by atoms with Crippen molar-refractivity contribution >= 4 is 34.7 Å². The lowest BCUT2D eigenvalue weighted by Gasteiger charge is -2.20. The molecule has 0 aliphatic rings. The summed E-state index contributed by atoms with van der Waals surface area (Å²) in [5.41, 5.74) is 4.49. The largest absolute Gasteiger partial charge is 0.480 e. The summed E-state index contributed by atoms with van der Waals surface area (Å²) < 4.78 is 1.76. The number of imidazole rings is 1. The predicted octanol–water partition coefficient (Wildman–Crippen LogP) is 5.50. The van der Waals surface area contributed by atoms with Crippen LogP contribution in [0.4, 0.5) is 17.2 Å². The van der Waals surface area contributed by atoms with Gasteiger partial charge in [-0.3, -0.25) is 19.3 Å². The second-order valence-electron chi connectivity index (χ2n) is 9.33. The van der Waals surface area contributed by atoms with Crippen molar-refractivity contribution < 1.29 is 19.6 Å². The second-order valence-corrected chi connectivity index (χ2v) is 9.33. The standard InChI is InChI=1S/C28H29N5O5/c1-5-16(2)24(28(35)36)31-27(34)20-12-13-32-22(15-20)29-25(19-10-7-11-21(14-19)33(37)38)26(32)30-23-17(3)8-6-9-18(23)4/h6-16,24,30H,5H2,1-4H3,(H,31,34)(H,35,36). The monoisotopic (exact) mass is 515 g/mol. The highest BCUT2D eigenvalue weighted by molar-refractivity contribution is 5.97. The number of hydrogen-bond acceptors (Lipinski definition) is 6. The minimum Gasteiger partial charge on any atom is -0.480 e. The van der Waals surface area contributed by atoms with Gasteiger partial charge in [0.05, 0.1) is 4.92 Å². The van der Waals surface area contributed by atoms with Crippen LogP contribution in [0.15, 0.2) is 60.8 Å². The van der Waals surface area contributed by atoms with Crippen LogP contribution in [0.2, 0.25) is 0 Å². The number of aromatic nitrogens is 2. The first-order valence-electron chi connectivity index (χ1n) is 12.2. The van der Waals surface area contributed by atoms with E-state index in [4.69, 9.17) is 4.98 Å². The van der Waals surface area contributed by atoms with E-state index in [0.29, 0.717) is 29.1 Å². The molecule has 4 aromatic rings. The lowest BCUT2D eigenvalue weighted by molar-refractivity contribution is -0.384. The summed E-state index contributed by atoms with van der Waals surface area (Å²) >= 11 is 0. The Morgan fingerprint density at radius 2 is 1.79 bits per heavy atom. The van der Waals surface area contributed by atoms with Gasteiger partial charge in [0.15, 0.2) is 0 Å². The average molecular weight is 516 g/mol. The first-order chi connectivity index (χ1) is 18.1. The lowest BCUT2D eigenvalue weighted by atomic mass is 9.99. The Labute approximate surface area is 219 Å². The molecule has 0 aliphatic heterocycles. The van der Waals surface area contributed by atoms with Gasteiger partial charge in [0, 0.05) is 35.1 Å². The Morgan fingerprint density at radius 3 is 2.42 bits per heavy atom. The topological polar surface area (TPSA) is 139 Å². The third-order valence-corrected chi connectivity index (χ3v) is 6.71.